The zero-order valence-corrected chi connectivity index (χ0v) is 16.9. The number of aromatic nitrogens is 2. The summed E-state index contributed by atoms with van der Waals surface area (Å²) in [5.41, 5.74) is 2.28. The van der Waals surface area contributed by atoms with Gasteiger partial charge in [0.2, 0.25) is 0 Å². The number of aliphatic imine (C=N–C) groups is 1. The predicted octanol–water partition coefficient (Wildman–Crippen LogP) is 3.45. The van der Waals surface area contributed by atoms with E-state index in [1.165, 1.54) is 6.08 Å². The summed E-state index contributed by atoms with van der Waals surface area (Å²) in [5, 5.41) is 0. The van der Waals surface area contributed by atoms with Crippen LogP contribution in [0.2, 0.25) is 0 Å². The number of likely N-dealkylation sites (N-methyl/N-ethyl adjacent to an activating group) is 1. The standard InChI is InChI=1S/C18H23FN4O2.C2H6/c1-5-12(19)10-15(20-3)17-21-14-9-7-8-13(14)18(22-17)23(4)11-16(24)25-6-2;1-2/h5,10H,1,6-9,11H2,2-4H3;1-2H3/b12-10+,20-15?;. The van der Waals surface area contributed by atoms with Crippen LogP contribution >= 0.6 is 0 Å². The number of carbonyl (C=O) groups is 1. The van der Waals surface area contributed by atoms with Gasteiger partial charge < -0.3 is 9.64 Å². The monoisotopic (exact) mass is 376 g/mol. The van der Waals surface area contributed by atoms with E-state index in [-0.39, 0.29) is 12.5 Å². The Morgan fingerprint density at radius 2 is 2.07 bits per heavy atom. The number of hydrogen-bond donors (Lipinski definition) is 0. The maximum absolute atomic E-state index is 13.6. The van der Waals surface area contributed by atoms with Gasteiger partial charge in [-0.2, -0.15) is 0 Å². The Morgan fingerprint density at radius 3 is 2.67 bits per heavy atom. The van der Waals surface area contributed by atoms with Crippen molar-refractivity contribution in [2.24, 2.45) is 4.99 Å². The normalized spacial score (nSPS) is 13.4. The summed E-state index contributed by atoms with van der Waals surface area (Å²) >= 11 is 0. The van der Waals surface area contributed by atoms with Gasteiger partial charge in [0, 0.05) is 31.4 Å². The van der Waals surface area contributed by atoms with E-state index in [1.54, 1.807) is 25.9 Å². The smallest absolute Gasteiger partial charge is 0.325 e. The number of anilines is 1. The third kappa shape index (κ3) is 5.98. The predicted molar refractivity (Wildman–Crippen MR) is 107 cm³/mol. The molecule has 6 nitrogen and oxygen atoms in total. The van der Waals surface area contributed by atoms with E-state index in [2.05, 4.69) is 21.5 Å². The highest BCUT2D eigenvalue weighted by atomic mass is 19.1. The molecular weight excluding hydrogens is 347 g/mol. The van der Waals surface area contributed by atoms with Gasteiger partial charge in [-0.15, -0.1) is 0 Å². The van der Waals surface area contributed by atoms with Crippen molar-refractivity contribution in [2.45, 2.75) is 40.0 Å². The highest BCUT2D eigenvalue weighted by Crippen LogP contribution is 2.28. The number of esters is 1. The average molecular weight is 376 g/mol. The summed E-state index contributed by atoms with van der Waals surface area (Å²) in [7, 11) is 3.34. The summed E-state index contributed by atoms with van der Waals surface area (Å²) in [6.45, 7) is 9.58. The number of allylic oxidation sites excluding steroid dienone is 3. The Hall–Kier alpha value is -2.57. The number of aryl methyl sites for hydroxylation is 1. The number of rotatable bonds is 7. The molecule has 27 heavy (non-hydrogen) atoms. The van der Waals surface area contributed by atoms with Crippen molar-refractivity contribution in [3.63, 3.8) is 0 Å². The topological polar surface area (TPSA) is 67.7 Å². The fourth-order valence-corrected chi connectivity index (χ4v) is 2.74. The first-order valence-corrected chi connectivity index (χ1v) is 9.23. The number of carbonyl (C=O) groups excluding carboxylic acids is 1. The molecule has 0 atom stereocenters. The van der Waals surface area contributed by atoms with Crippen molar-refractivity contribution in [3.8, 4) is 0 Å². The van der Waals surface area contributed by atoms with Gasteiger partial charge >= 0.3 is 5.97 Å². The van der Waals surface area contributed by atoms with E-state index >= 15 is 0 Å². The van der Waals surface area contributed by atoms with Crippen LogP contribution < -0.4 is 4.90 Å². The minimum absolute atomic E-state index is 0.0895. The first-order valence-electron chi connectivity index (χ1n) is 9.23. The number of hydrogen-bond acceptors (Lipinski definition) is 6. The molecular formula is C20H29FN4O2. The lowest BCUT2D eigenvalue weighted by Gasteiger charge is -2.20. The van der Waals surface area contributed by atoms with Gasteiger partial charge in [-0.05, 0) is 32.3 Å². The average Bonchev–Trinajstić information content (AvgIpc) is 3.15. The quantitative estimate of drug-likeness (QED) is 0.414. The van der Waals surface area contributed by atoms with Gasteiger partial charge in [0.15, 0.2) is 5.82 Å². The van der Waals surface area contributed by atoms with Crippen molar-refractivity contribution in [1.82, 2.24) is 9.97 Å². The lowest BCUT2D eigenvalue weighted by molar-refractivity contribution is -0.141. The minimum atomic E-state index is -0.508. The molecule has 148 valence electrons. The lowest BCUT2D eigenvalue weighted by atomic mass is 10.2. The summed E-state index contributed by atoms with van der Waals surface area (Å²) in [6, 6.07) is 0. The molecule has 1 aromatic rings. The highest BCUT2D eigenvalue weighted by Gasteiger charge is 2.23. The molecule has 1 heterocycles. The molecule has 0 aliphatic heterocycles. The van der Waals surface area contributed by atoms with E-state index < -0.39 is 5.83 Å². The van der Waals surface area contributed by atoms with Crippen molar-refractivity contribution < 1.29 is 13.9 Å². The van der Waals surface area contributed by atoms with Crippen LogP contribution in [0, 0.1) is 0 Å². The summed E-state index contributed by atoms with van der Waals surface area (Å²) in [4.78, 5) is 26.7. The molecule has 1 aromatic heterocycles. The van der Waals surface area contributed by atoms with E-state index in [4.69, 9.17) is 4.74 Å². The number of halogens is 1. The first kappa shape index (κ1) is 22.5. The largest absolute Gasteiger partial charge is 0.465 e. The van der Waals surface area contributed by atoms with Gasteiger partial charge in [0.25, 0.3) is 0 Å². The molecule has 0 saturated heterocycles. The molecule has 1 aliphatic rings. The lowest BCUT2D eigenvalue weighted by Crippen LogP contribution is -2.29. The van der Waals surface area contributed by atoms with Gasteiger partial charge in [-0.3, -0.25) is 9.79 Å². The third-order valence-electron chi connectivity index (χ3n) is 3.88. The molecule has 0 amide bonds. The highest BCUT2D eigenvalue weighted by molar-refractivity contribution is 6.06. The Labute approximate surface area is 160 Å². The van der Waals surface area contributed by atoms with Crippen LogP contribution in [0.25, 0.3) is 0 Å². The Morgan fingerprint density at radius 1 is 1.37 bits per heavy atom. The van der Waals surface area contributed by atoms with Gasteiger partial charge in [-0.1, -0.05) is 20.4 Å². The number of ether oxygens (including phenoxy) is 1. The second-order valence-corrected chi connectivity index (χ2v) is 5.65. The van der Waals surface area contributed by atoms with Gasteiger partial charge in [0.1, 0.15) is 23.9 Å². The third-order valence-corrected chi connectivity index (χ3v) is 3.88. The summed E-state index contributed by atoms with van der Waals surface area (Å²) < 4.78 is 18.6. The fraction of sp³-hybridized carbons (Fsp3) is 0.500. The Balaban J connectivity index is 0.00000176. The molecule has 0 bridgehead atoms. The molecule has 7 heteroatoms. The maximum Gasteiger partial charge on any atom is 0.325 e. The van der Waals surface area contributed by atoms with Crippen molar-refractivity contribution in [3.05, 3.63) is 41.6 Å². The van der Waals surface area contributed by atoms with Crippen LogP contribution in [0.15, 0.2) is 29.6 Å². The summed E-state index contributed by atoms with van der Waals surface area (Å²) in [6.07, 6.45) is 5.01. The molecule has 0 saturated carbocycles. The minimum Gasteiger partial charge on any atom is -0.465 e. The van der Waals surface area contributed by atoms with E-state index in [9.17, 15) is 9.18 Å². The molecule has 0 radical (unpaired) electrons. The van der Waals surface area contributed by atoms with Crippen LogP contribution in [0.4, 0.5) is 10.2 Å². The van der Waals surface area contributed by atoms with Crippen molar-refractivity contribution in [2.75, 3.05) is 32.1 Å². The van der Waals surface area contributed by atoms with Crippen LogP contribution in [0.3, 0.4) is 0 Å². The van der Waals surface area contributed by atoms with E-state index in [0.717, 1.165) is 36.6 Å². The number of nitrogens with zero attached hydrogens (tertiary/aromatic N) is 4. The van der Waals surface area contributed by atoms with Crippen molar-refractivity contribution >= 4 is 17.5 Å². The zero-order valence-electron chi connectivity index (χ0n) is 16.9. The van der Waals surface area contributed by atoms with Gasteiger partial charge in [0.05, 0.1) is 6.61 Å². The number of fused-ring (bicyclic) bond motifs is 1. The first-order chi connectivity index (χ1) is 13.0. The van der Waals surface area contributed by atoms with E-state index in [1.807, 2.05) is 13.8 Å². The van der Waals surface area contributed by atoms with E-state index in [0.29, 0.717) is 24.0 Å². The molecule has 2 rings (SSSR count). The fourth-order valence-electron chi connectivity index (χ4n) is 2.74. The Bertz CT molecular complexity index is 729. The molecule has 0 N–H and O–H groups in total. The molecule has 0 aromatic carbocycles. The molecule has 0 spiro atoms. The van der Waals surface area contributed by atoms with Crippen LogP contribution in [0.1, 0.15) is 44.3 Å². The SMILES string of the molecule is C=C/C(F)=C\C(=NC)c1nc2c(c(N(C)CC(=O)OCC)n1)CCC2.CC. The van der Waals surface area contributed by atoms with Crippen LogP contribution in [-0.2, 0) is 22.4 Å². The second-order valence-electron chi connectivity index (χ2n) is 5.65. The molecule has 0 fully saturated rings. The summed E-state index contributed by atoms with van der Waals surface area (Å²) in [5.74, 6) is 0.176. The molecule has 1 aliphatic carbocycles. The van der Waals surface area contributed by atoms with Crippen molar-refractivity contribution in [1.29, 1.82) is 0 Å². The van der Waals surface area contributed by atoms with Gasteiger partial charge in [-0.25, -0.2) is 14.4 Å². The second kappa shape index (κ2) is 11.2. The Kier molecular flexibility index (Phi) is 9.33. The maximum atomic E-state index is 13.6. The van der Waals surface area contributed by atoms with Crippen LogP contribution in [-0.4, -0.2) is 48.9 Å². The zero-order chi connectivity index (χ0) is 20.4. The van der Waals surface area contributed by atoms with Crippen LogP contribution in [0.5, 0.6) is 0 Å². The molecule has 0 unspecified atom stereocenters.